The smallest absolute Gasteiger partial charge is 0.269 e. The van der Waals surface area contributed by atoms with Gasteiger partial charge in [0.05, 0.1) is 4.92 Å². The van der Waals surface area contributed by atoms with Crippen molar-refractivity contribution < 1.29 is 19.3 Å². The highest BCUT2D eigenvalue weighted by atomic mass is 35.5. The summed E-state index contributed by atoms with van der Waals surface area (Å²) in [6.07, 6.45) is 0. The van der Waals surface area contributed by atoms with E-state index in [-0.39, 0.29) is 22.4 Å². The predicted molar refractivity (Wildman–Crippen MR) is 116 cm³/mol. The van der Waals surface area contributed by atoms with Crippen molar-refractivity contribution in [3.05, 3.63) is 110 Å². The highest BCUT2D eigenvalue weighted by molar-refractivity contribution is 6.30. The molecule has 1 unspecified atom stereocenters. The van der Waals surface area contributed by atoms with E-state index < -0.39 is 28.4 Å². The molecule has 0 heterocycles. The molecule has 8 heteroatoms. The maximum atomic E-state index is 13.1. The van der Waals surface area contributed by atoms with Crippen LogP contribution in [0.5, 0.6) is 0 Å². The summed E-state index contributed by atoms with van der Waals surface area (Å²) in [6, 6.07) is 16.0. The summed E-state index contributed by atoms with van der Waals surface area (Å²) < 4.78 is 0. The number of Topliss-reactive ketones (excluding diaryl/α,β-unsaturated/α-hetero) is 2. The van der Waals surface area contributed by atoms with Gasteiger partial charge in [0.15, 0.2) is 17.6 Å². The van der Waals surface area contributed by atoms with Gasteiger partial charge in [-0.05, 0) is 43.3 Å². The standard InChI is InChI=1S/C23H17ClN2O5/c1-14-2-4-15(5-3-14)21(27)20(22(28)16-6-10-18(24)11-7-16)25-23(29)17-8-12-19(13-9-17)26(30)31/h2-13,20H,1H3,(H,25,29). The van der Waals surface area contributed by atoms with Crippen LogP contribution >= 0.6 is 11.6 Å². The van der Waals surface area contributed by atoms with E-state index in [9.17, 15) is 24.5 Å². The van der Waals surface area contributed by atoms with E-state index in [0.717, 1.165) is 5.56 Å². The summed E-state index contributed by atoms with van der Waals surface area (Å²) in [4.78, 5) is 49.1. The minimum Gasteiger partial charge on any atom is -0.335 e. The molecule has 0 aliphatic rings. The first kappa shape index (κ1) is 21.9. The van der Waals surface area contributed by atoms with Crippen LogP contribution in [0.3, 0.4) is 0 Å². The second-order valence-corrected chi connectivity index (χ2v) is 7.25. The van der Waals surface area contributed by atoms with E-state index in [4.69, 9.17) is 11.6 Å². The summed E-state index contributed by atoms with van der Waals surface area (Å²) in [5.41, 5.74) is 1.31. The molecular formula is C23H17ClN2O5. The van der Waals surface area contributed by atoms with E-state index in [1.807, 2.05) is 6.92 Å². The molecular weight excluding hydrogens is 420 g/mol. The quantitative estimate of drug-likeness (QED) is 0.255. The number of ketones is 2. The summed E-state index contributed by atoms with van der Waals surface area (Å²) in [5, 5.41) is 13.7. The zero-order valence-electron chi connectivity index (χ0n) is 16.4. The number of hydrogen-bond acceptors (Lipinski definition) is 5. The molecule has 1 amide bonds. The van der Waals surface area contributed by atoms with Gasteiger partial charge in [-0.25, -0.2) is 0 Å². The van der Waals surface area contributed by atoms with Gasteiger partial charge in [0.1, 0.15) is 0 Å². The number of amides is 1. The summed E-state index contributed by atoms with van der Waals surface area (Å²) in [7, 11) is 0. The zero-order valence-corrected chi connectivity index (χ0v) is 17.1. The minimum absolute atomic E-state index is 0.0798. The summed E-state index contributed by atoms with van der Waals surface area (Å²) in [5.74, 6) is -1.88. The molecule has 1 N–H and O–H groups in total. The van der Waals surface area contributed by atoms with Crippen molar-refractivity contribution in [1.82, 2.24) is 5.32 Å². The number of carbonyl (C=O) groups is 3. The molecule has 1 atom stereocenters. The Morgan fingerprint density at radius 2 is 1.26 bits per heavy atom. The molecule has 7 nitrogen and oxygen atoms in total. The average molecular weight is 437 g/mol. The fraction of sp³-hybridized carbons (Fsp3) is 0.0870. The molecule has 0 fully saturated rings. The minimum atomic E-state index is -1.48. The third-order valence-corrected chi connectivity index (χ3v) is 4.86. The number of nitro groups is 1. The van der Waals surface area contributed by atoms with Crippen molar-refractivity contribution in [3.63, 3.8) is 0 Å². The van der Waals surface area contributed by atoms with Crippen LogP contribution in [0.2, 0.25) is 5.02 Å². The van der Waals surface area contributed by atoms with Crippen LogP contribution in [0.4, 0.5) is 5.69 Å². The Morgan fingerprint density at radius 1 is 0.806 bits per heavy atom. The van der Waals surface area contributed by atoms with Gasteiger partial charge < -0.3 is 5.32 Å². The Morgan fingerprint density at radius 3 is 1.74 bits per heavy atom. The number of non-ortho nitro benzene ring substituents is 1. The molecule has 3 aromatic carbocycles. The Labute approximate surface area is 182 Å². The van der Waals surface area contributed by atoms with Gasteiger partial charge in [0.25, 0.3) is 11.6 Å². The monoisotopic (exact) mass is 436 g/mol. The van der Waals surface area contributed by atoms with Gasteiger partial charge in [-0.1, -0.05) is 41.4 Å². The molecule has 0 saturated carbocycles. The molecule has 0 radical (unpaired) electrons. The largest absolute Gasteiger partial charge is 0.335 e. The molecule has 0 aromatic heterocycles. The van der Waals surface area contributed by atoms with Crippen LogP contribution < -0.4 is 5.32 Å². The Kier molecular flexibility index (Phi) is 6.57. The molecule has 0 aliphatic heterocycles. The number of carbonyl (C=O) groups excluding carboxylic acids is 3. The van der Waals surface area contributed by atoms with Gasteiger partial charge in [-0.15, -0.1) is 0 Å². The van der Waals surface area contributed by atoms with Crippen molar-refractivity contribution in [1.29, 1.82) is 0 Å². The Bertz CT molecular complexity index is 1080. The van der Waals surface area contributed by atoms with Gasteiger partial charge in [0.2, 0.25) is 0 Å². The highest BCUT2D eigenvalue weighted by Gasteiger charge is 2.30. The van der Waals surface area contributed by atoms with E-state index in [2.05, 4.69) is 5.32 Å². The lowest BCUT2D eigenvalue weighted by atomic mass is 9.95. The highest BCUT2D eigenvalue weighted by Crippen LogP contribution is 2.16. The third-order valence-electron chi connectivity index (χ3n) is 4.60. The van der Waals surface area contributed by atoms with E-state index >= 15 is 0 Å². The predicted octanol–water partition coefficient (Wildman–Crippen LogP) is 4.42. The van der Waals surface area contributed by atoms with Gasteiger partial charge in [-0.2, -0.15) is 0 Å². The molecule has 3 rings (SSSR count). The second kappa shape index (κ2) is 9.32. The van der Waals surface area contributed by atoms with E-state index in [0.29, 0.717) is 5.02 Å². The number of aryl methyl sites for hydroxylation is 1. The number of nitro benzene ring substituents is 1. The summed E-state index contributed by atoms with van der Waals surface area (Å²) in [6.45, 7) is 1.86. The fourth-order valence-corrected chi connectivity index (χ4v) is 2.99. The van der Waals surface area contributed by atoms with Crippen LogP contribution in [0, 0.1) is 17.0 Å². The van der Waals surface area contributed by atoms with Crippen LogP contribution in [0.25, 0.3) is 0 Å². The molecule has 156 valence electrons. The van der Waals surface area contributed by atoms with Crippen molar-refractivity contribution in [2.24, 2.45) is 0 Å². The van der Waals surface area contributed by atoms with Crippen molar-refractivity contribution in [2.45, 2.75) is 13.0 Å². The first-order chi connectivity index (χ1) is 14.8. The number of rotatable bonds is 7. The van der Waals surface area contributed by atoms with E-state index in [1.54, 1.807) is 24.3 Å². The van der Waals surface area contributed by atoms with Crippen molar-refractivity contribution >= 4 is 34.8 Å². The van der Waals surface area contributed by atoms with Gasteiger partial charge >= 0.3 is 0 Å². The van der Waals surface area contributed by atoms with Gasteiger partial charge in [0, 0.05) is 33.8 Å². The second-order valence-electron chi connectivity index (χ2n) is 6.81. The Balaban J connectivity index is 1.92. The lowest BCUT2D eigenvalue weighted by Gasteiger charge is -2.17. The molecule has 0 aliphatic carbocycles. The number of hydrogen-bond donors (Lipinski definition) is 1. The first-order valence-corrected chi connectivity index (χ1v) is 9.60. The molecule has 3 aromatic rings. The van der Waals surface area contributed by atoms with Crippen LogP contribution in [-0.2, 0) is 0 Å². The van der Waals surface area contributed by atoms with Crippen LogP contribution in [-0.4, -0.2) is 28.4 Å². The topological polar surface area (TPSA) is 106 Å². The van der Waals surface area contributed by atoms with Gasteiger partial charge in [-0.3, -0.25) is 24.5 Å². The van der Waals surface area contributed by atoms with Crippen LogP contribution in [0.15, 0.2) is 72.8 Å². The number of benzene rings is 3. The average Bonchev–Trinajstić information content (AvgIpc) is 2.77. The number of nitrogens with zero attached hydrogens (tertiary/aromatic N) is 1. The van der Waals surface area contributed by atoms with Crippen molar-refractivity contribution in [2.75, 3.05) is 0 Å². The van der Waals surface area contributed by atoms with Crippen molar-refractivity contribution in [3.8, 4) is 0 Å². The van der Waals surface area contributed by atoms with Crippen LogP contribution in [0.1, 0.15) is 36.6 Å². The third kappa shape index (κ3) is 5.21. The lowest BCUT2D eigenvalue weighted by molar-refractivity contribution is -0.384. The van der Waals surface area contributed by atoms with E-state index in [1.165, 1.54) is 48.5 Å². The SMILES string of the molecule is Cc1ccc(C(=O)C(NC(=O)c2ccc([N+](=O)[O-])cc2)C(=O)c2ccc(Cl)cc2)cc1. The summed E-state index contributed by atoms with van der Waals surface area (Å²) >= 11 is 5.87. The normalized spacial score (nSPS) is 11.4. The Hall–Kier alpha value is -3.84. The molecule has 0 spiro atoms. The molecule has 0 bridgehead atoms. The molecule has 0 saturated heterocycles. The number of halogens is 1. The number of nitrogens with one attached hydrogen (secondary N) is 1. The first-order valence-electron chi connectivity index (χ1n) is 9.22. The maximum absolute atomic E-state index is 13.1. The molecule has 31 heavy (non-hydrogen) atoms. The zero-order chi connectivity index (χ0) is 22.5. The maximum Gasteiger partial charge on any atom is 0.269 e. The fourth-order valence-electron chi connectivity index (χ4n) is 2.86. The lowest BCUT2D eigenvalue weighted by Crippen LogP contribution is -2.46.